The van der Waals surface area contributed by atoms with Gasteiger partial charge >= 0.3 is 11.7 Å². The fourth-order valence-corrected chi connectivity index (χ4v) is 3.48. The van der Waals surface area contributed by atoms with Crippen LogP contribution in [0.2, 0.25) is 0 Å². The molecule has 0 atom stereocenters. The Balaban J connectivity index is 1.73. The predicted molar refractivity (Wildman–Crippen MR) is 98.8 cm³/mol. The normalized spacial score (nSPS) is 15.3. The van der Waals surface area contributed by atoms with Crippen molar-refractivity contribution in [1.29, 1.82) is 0 Å². The number of nitrogens with one attached hydrogen (secondary N) is 1. The number of aromatic carboxylic acids is 1. The lowest BCUT2D eigenvalue weighted by Gasteiger charge is -2.21. The number of rotatable bonds is 4. The van der Waals surface area contributed by atoms with Gasteiger partial charge in [0.15, 0.2) is 11.3 Å². The highest BCUT2D eigenvalue weighted by Gasteiger charge is 2.19. The van der Waals surface area contributed by atoms with Gasteiger partial charge < -0.3 is 9.84 Å². The highest BCUT2D eigenvalue weighted by atomic mass is 16.5. The zero-order valence-electron chi connectivity index (χ0n) is 14.9. The van der Waals surface area contributed by atoms with Crippen molar-refractivity contribution in [2.75, 3.05) is 13.2 Å². The van der Waals surface area contributed by atoms with E-state index in [9.17, 15) is 14.7 Å². The molecule has 1 aliphatic heterocycles. The summed E-state index contributed by atoms with van der Waals surface area (Å²) in [6.45, 7) is 3.76. The Labute approximate surface area is 154 Å². The maximum atomic E-state index is 12.4. The first-order valence-electron chi connectivity index (χ1n) is 8.90. The summed E-state index contributed by atoms with van der Waals surface area (Å²) in [5, 5.41) is 9.18. The number of imidazole rings is 1. The number of carbonyl (C=O) groups is 1. The second-order valence-corrected chi connectivity index (χ2v) is 6.86. The zero-order chi connectivity index (χ0) is 19.0. The average Bonchev–Trinajstić information content (AvgIpc) is 2.97. The average molecular weight is 368 g/mol. The maximum absolute atomic E-state index is 12.4. The summed E-state index contributed by atoms with van der Waals surface area (Å²) in [5.41, 5.74) is 3.02. The molecule has 8 nitrogen and oxygen atoms in total. The molecule has 3 heterocycles. The van der Waals surface area contributed by atoms with E-state index in [4.69, 9.17) is 4.74 Å². The second kappa shape index (κ2) is 6.96. The van der Waals surface area contributed by atoms with Crippen molar-refractivity contribution >= 4 is 17.3 Å². The highest BCUT2D eigenvalue weighted by Crippen LogP contribution is 2.23. The van der Waals surface area contributed by atoms with Gasteiger partial charge in [0.25, 0.3) is 0 Å². The molecule has 140 valence electrons. The van der Waals surface area contributed by atoms with Crippen LogP contribution >= 0.6 is 0 Å². The Morgan fingerprint density at radius 2 is 2.15 bits per heavy atom. The van der Waals surface area contributed by atoms with Crippen molar-refractivity contribution in [3.63, 3.8) is 0 Å². The minimum absolute atomic E-state index is 0.217. The largest absolute Gasteiger partial charge is 0.478 e. The topological polar surface area (TPSA) is 110 Å². The van der Waals surface area contributed by atoms with Gasteiger partial charge in [0.1, 0.15) is 0 Å². The smallest absolute Gasteiger partial charge is 0.335 e. The molecule has 0 bridgehead atoms. The van der Waals surface area contributed by atoms with Crippen LogP contribution in [0, 0.1) is 12.8 Å². The minimum Gasteiger partial charge on any atom is -0.478 e. The summed E-state index contributed by atoms with van der Waals surface area (Å²) in [5.74, 6) is -0.588. The summed E-state index contributed by atoms with van der Waals surface area (Å²) in [6.07, 6.45) is 3.43. The number of hydrogen-bond acceptors (Lipinski definition) is 5. The lowest BCUT2D eigenvalue weighted by Crippen LogP contribution is -2.26. The lowest BCUT2D eigenvalue weighted by molar-refractivity contribution is 0.0613. The minimum atomic E-state index is -0.962. The van der Waals surface area contributed by atoms with E-state index >= 15 is 0 Å². The van der Waals surface area contributed by atoms with Gasteiger partial charge in [-0.2, -0.15) is 0 Å². The molecule has 1 saturated heterocycles. The SMILES string of the molecule is Cc1cc(-c2cnc3[nH]c(=O)n(CC4CCOCC4)c3n2)ccc1C(=O)O. The first kappa shape index (κ1) is 17.4. The van der Waals surface area contributed by atoms with Crippen LogP contribution in [-0.4, -0.2) is 43.8 Å². The number of H-pyrrole nitrogens is 1. The summed E-state index contributed by atoms with van der Waals surface area (Å²) in [7, 11) is 0. The van der Waals surface area contributed by atoms with Crippen molar-refractivity contribution in [3.05, 3.63) is 46.0 Å². The first-order valence-corrected chi connectivity index (χ1v) is 8.90. The van der Waals surface area contributed by atoms with Crippen molar-refractivity contribution in [3.8, 4) is 11.3 Å². The molecule has 4 rings (SSSR count). The van der Waals surface area contributed by atoms with E-state index in [1.807, 2.05) is 0 Å². The Morgan fingerprint density at radius 1 is 1.37 bits per heavy atom. The third kappa shape index (κ3) is 3.35. The lowest BCUT2D eigenvalue weighted by atomic mass is 10.0. The monoisotopic (exact) mass is 368 g/mol. The van der Waals surface area contributed by atoms with Gasteiger partial charge in [-0.15, -0.1) is 0 Å². The van der Waals surface area contributed by atoms with E-state index in [2.05, 4.69) is 15.0 Å². The third-order valence-corrected chi connectivity index (χ3v) is 5.01. The number of ether oxygens (including phenoxy) is 1. The highest BCUT2D eigenvalue weighted by molar-refractivity contribution is 5.90. The van der Waals surface area contributed by atoms with Gasteiger partial charge in [-0.3, -0.25) is 9.55 Å². The summed E-state index contributed by atoms with van der Waals surface area (Å²) < 4.78 is 7.03. The van der Waals surface area contributed by atoms with Gasteiger partial charge in [0.2, 0.25) is 0 Å². The van der Waals surface area contributed by atoms with Gasteiger partial charge in [-0.05, 0) is 43.4 Å². The van der Waals surface area contributed by atoms with Gasteiger partial charge in [-0.1, -0.05) is 6.07 Å². The fourth-order valence-electron chi connectivity index (χ4n) is 3.48. The Kier molecular flexibility index (Phi) is 4.49. The predicted octanol–water partition coefficient (Wildman–Crippen LogP) is 2.22. The fraction of sp³-hybridized carbons (Fsp3) is 0.368. The van der Waals surface area contributed by atoms with E-state index in [1.165, 1.54) is 0 Å². The molecule has 8 heteroatoms. The van der Waals surface area contributed by atoms with Crippen LogP contribution in [-0.2, 0) is 11.3 Å². The number of nitrogens with zero attached hydrogens (tertiary/aromatic N) is 3. The molecule has 0 radical (unpaired) electrons. The van der Waals surface area contributed by atoms with Gasteiger partial charge in [0, 0.05) is 25.3 Å². The molecule has 27 heavy (non-hydrogen) atoms. The van der Waals surface area contributed by atoms with Crippen molar-refractivity contribution < 1.29 is 14.6 Å². The van der Waals surface area contributed by atoms with Crippen molar-refractivity contribution in [2.45, 2.75) is 26.3 Å². The number of carboxylic acid groups (broad SMARTS) is 1. The van der Waals surface area contributed by atoms with Crippen LogP contribution < -0.4 is 5.69 Å². The van der Waals surface area contributed by atoms with Crippen LogP contribution in [0.1, 0.15) is 28.8 Å². The summed E-state index contributed by atoms with van der Waals surface area (Å²) >= 11 is 0. The maximum Gasteiger partial charge on any atom is 0.335 e. The molecule has 0 spiro atoms. The van der Waals surface area contributed by atoms with Gasteiger partial charge in [0.05, 0.1) is 17.5 Å². The molecule has 2 N–H and O–H groups in total. The molecule has 0 aliphatic carbocycles. The number of aryl methyl sites for hydroxylation is 1. The van der Waals surface area contributed by atoms with Crippen LogP contribution in [0.4, 0.5) is 0 Å². The zero-order valence-corrected chi connectivity index (χ0v) is 14.9. The quantitative estimate of drug-likeness (QED) is 0.731. The molecule has 1 aromatic carbocycles. The summed E-state index contributed by atoms with van der Waals surface area (Å²) in [4.78, 5) is 35.3. The van der Waals surface area contributed by atoms with E-state index < -0.39 is 5.97 Å². The number of carboxylic acids is 1. The summed E-state index contributed by atoms with van der Waals surface area (Å²) in [6, 6.07) is 5.04. The standard InChI is InChI=1S/C19H20N4O4/c1-11-8-13(2-3-14(11)18(24)25)15-9-20-16-17(21-15)23(19(26)22-16)10-12-4-6-27-7-5-12/h2-3,8-9,12H,4-7,10H2,1H3,(H,24,25)(H,20,22,26). The van der Waals surface area contributed by atoms with Gasteiger partial charge in [-0.25, -0.2) is 19.6 Å². The molecule has 2 aromatic heterocycles. The molecule has 0 saturated carbocycles. The molecule has 0 amide bonds. The Morgan fingerprint density at radius 3 is 2.85 bits per heavy atom. The van der Waals surface area contributed by atoms with E-state index in [-0.39, 0.29) is 11.3 Å². The number of benzene rings is 1. The van der Waals surface area contributed by atoms with Crippen molar-refractivity contribution in [1.82, 2.24) is 19.5 Å². The molecular weight excluding hydrogens is 348 g/mol. The number of aromatic amines is 1. The van der Waals surface area contributed by atoms with Crippen LogP contribution in [0.25, 0.3) is 22.6 Å². The molecular formula is C19H20N4O4. The first-order chi connectivity index (χ1) is 13.0. The van der Waals surface area contributed by atoms with Crippen molar-refractivity contribution in [2.24, 2.45) is 5.92 Å². The molecule has 1 fully saturated rings. The molecule has 0 unspecified atom stereocenters. The Bertz CT molecular complexity index is 1060. The second-order valence-electron chi connectivity index (χ2n) is 6.86. The Hall–Kier alpha value is -3.00. The van der Waals surface area contributed by atoms with E-state index in [0.29, 0.717) is 48.2 Å². The van der Waals surface area contributed by atoms with Crippen LogP contribution in [0.15, 0.2) is 29.2 Å². The molecule has 1 aliphatic rings. The number of aromatic nitrogens is 4. The van der Waals surface area contributed by atoms with E-state index in [1.54, 1.807) is 35.9 Å². The van der Waals surface area contributed by atoms with E-state index in [0.717, 1.165) is 18.4 Å². The third-order valence-electron chi connectivity index (χ3n) is 5.01. The number of hydrogen-bond donors (Lipinski definition) is 2. The number of fused-ring (bicyclic) bond motifs is 1. The van der Waals surface area contributed by atoms with Crippen LogP contribution in [0.3, 0.4) is 0 Å². The molecule has 3 aromatic rings. The van der Waals surface area contributed by atoms with Crippen LogP contribution in [0.5, 0.6) is 0 Å².